The Labute approximate surface area is 148 Å². The number of benzene rings is 1. The molecule has 6 nitrogen and oxygen atoms in total. The van der Waals surface area contributed by atoms with Crippen LogP contribution in [0.25, 0.3) is 0 Å². The minimum atomic E-state index is 0.0248. The molecule has 1 saturated heterocycles. The highest BCUT2D eigenvalue weighted by Gasteiger charge is 2.26. The van der Waals surface area contributed by atoms with E-state index >= 15 is 0 Å². The molecule has 2 heterocycles. The molecule has 2 aromatic rings. The fourth-order valence-electron chi connectivity index (χ4n) is 3.34. The van der Waals surface area contributed by atoms with Crippen molar-refractivity contribution < 1.29 is 14.3 Å². The quantitative estimate of drug-likeness (QED) is 0.838. The second-order valence-electron chi connectivity index (χ2n) is 6.43. The molecule has 3 rings (SSSR count). The number of nitrogens with zero attached hydrogens (tertiary/aromatic N) is 3. The van der Waals surface area contributed by atoms with E-state index in [1.165, 1.54) is 0 Å². The first-order valence-corrected chi connectivity index (χ1v) is 8.61. The summed E-state index contributed by atoms with van der Waals surface area (Å²) in [6, 6.07) is 5.33. The zero-order valence-corrected chi connectivity index (χ0v) is 15.1. The van der Waals surface area contributed by atoms with E-state index in [4.69, 9.17) is 9.47 Å². The van der Waals surface area contributed by atoms with Crippen LogP contribution in [0.4, 0.5) is 0 Å². The number of carbonyl (C=O) groups excluding carboxylic acids is 1. The third kappa shape index (κ3) is 3.78. The van der Waals surface area contributed by atoms with Crippen LogP contribution < -0.4 is 9.47 Å². The Balaban J connectivity index is 1.63. The molecule has 0 N–H and O–H groups in total. The number of likely N-dealkylation sites (tertiary alicyclic amines) is 1. The number of amides is 1. The van der Waals surface area contributed by atoms with Crippen LogP contribution in [-0.4, -0.2) is 47.7 Å². The maximum atomic E-state index is 12.8. The van der Waals surface area contributed by atoms with E-state index in [9.17, 15) is 4.79 Å². The highest BCUT2D eigenvalue weighted by atomic mass is 16.5. The Kier molecular flexibility index (Phi) is 5.26. The van der Waals surface area contributed by atoms with Crippen molar-refractivity contribution in [2.24, 2.45) is 5.92 Å². The topological polar surface area (TPSA) is 56.6 Å². The average Bonchev–Trinajstić information content (AvgIpc) is 3.06. The van der Waals surface area contributed by atoms with Gasteiger partial charge in [0, 0.05) is 38.1 Å². The summed E-state index contributed by atoms with van der Waals surface area (Å²) in [6.45, 7) is 4.53. The Bertz CT molecular complexity index is 733. The summed E-state index contributed by atoms with van der Waals surface area (Å²) >= 11 is 0. The SMILES string of the molecule is COc1ccc(C(=O)N2CCC(Cn3ccnc3C)CC2)c(OC)c1. The van der Waals surface area contributed by atoms with Crippen molar-refractivity contribution in [1.29, 1.82) is 0 Å². The molecule has 0 spiro atoms. The number of ether oxygens (including phenoxy) is 2. The predicted octanol–water partition coefficient (Wildman–Crippen LogP) is 2.76. The summed E-state index contributed by atoms with van der Waals surface area (Å²) in [6.07, 6.45) is 5.86. The molecule has 1 aromatic carbocycles. The largest absolute Gasteiger partial charge is 0.497 e. The standard InChI is InChI=1S/C19H25N3O3/c1-14-20-8-11-22(14)13-15-6-9-21(10-7-15)19(23)17-5-4-16(24-2)12-18(17)25-3/h4-5,8,11-12,15H,6-7,9-10,13H2,1-3H3. The van der Waals surface area contributed by atoms with Crippen molar-refractivity contribution in [3.8, 4) is 11.5 Å². The van der Waals surface area contributed by atoms with Crippen LogP contribution in [0.1, 0.15) is 29.0 Å². The summed E-state index contributed by atoms with van der Waals surface area (Å²) in [7, 11) is 3.17. The lowest BCUT2D eigenvalue weighted by Crippen LogP contribution is -2.39. The van der Waals surface area contributed by atoms with Gasteiger partial charge in [0.1, 0.15) is 17.3 Å². The van der Waals surface area contributed by atoms with Gasteiger partial charge in [-0.3, -0.25) is 4.79 Å². The van der Waals surface area contributed by atoms with Gasteiger partial charge in [-0.25, -0.2) is 4.98 Å². The first-order chi connectivity index (χ1) is 12.1. The van der Waals surface area contributed by atoms with Crippen LogP contribution in [0.5, 0.6) is 11.5 Å². The molecule has 1 fully saturated rings. The average molecular weight is 343 g/mol. The zero-order valence-electron chi connectivity index (χ0n) is 15.1. The maximum Gasteiger partial charge on any atom is 0.257 e. The maximum absolute atomic E-state index is 12.8. The minimum Gasteiger partial charge on any atom is -0.497 e. The number of hydrogen-bond acceptors (Lipinski definition) is 4. The molecule has 1 amide bonds. The number of aromatic nitrogens is 2. The molecule has 25 heavy (non-hydrogen) atoms. The summed E-state index contributed by atoms with van der Waals surface area (Å²) < 4.78 is 12.8. The zero-order chi connectivity index (χ0) is 17.8. The summed E-state index contributed by atoms with van der Waals surface area (Å²) in [5, 5.41) is 0. The van der Waals surface area contributed by atoms with Gasteiger partial charge in [-0.15, -0.1) is 0 Å². The predicted molar refractivity (Wildman–Crippen MR) is 95.1 cm³/mol. The van der Waals surface area contributed by atoms with Crippen LogP contribution in [0, 0.1) is 12.8 Å². The van der Waals surface area contributed by atoms with E-state index in [0.29, 0.717) is 23.0 Å². The van der Waals surface area contributed by atoms with Gasteiger partial charge in [0.25, 0.3) is 5.91 Å². The fraction of sp³-hybridized carbons (Fsp3) is 0.474. The first kappa shape index (κ1) is 17.3. The van der Waals surface area contributed by atoms with Gasteiger partial charge in [-0.05, 0) is 37.8 Å². The van der Waals surface area contributed by atoms with Crippen LogP contribution >= 0.6 is 0 Å². The number of carbonyl (C=O) groups is 1. The molecular formula is C19H25N3O3. The monoisotopic (exact) mass is 343 g/mol. The summed E-state index contributed by atoms with van der Waals surface area (Å²) in [5.74, 6) is 2.89. The van der Waals surface area contributed by atoms with Crippen molar-refractivity contribution >= 4 is 5.91 Å². The normalized spacial score (nSPS) is 15.2. The molecule has 1 aliphatic rings. The van der Waals surface area contributed by atoms with Gasteiger partial charge in [0.2, 0.25) is 0 Å². The van der Waals surface area contributed by atoms with Crippen molar-refractivity contribution in [2.75, 3.05) is 27.3 Å². The lowest BCUT2D eigenvalue weighted by atomic mass is 9.96. The van der Waals surface area contributed by atoms with Crippen LogP contribution in [0.2, 0.25) is 0 Å². The van der Waals surface area contributed by atoms with Crippen molar-refractivity contribution in [3.63, 3.8) is 0 Å². The van der Waals surface area contributed by atoms with Gasteiger partial charge >= 0.3 is 0 Å². The highest BCUT2D eigenvalue weighted by Crippen LogP contribution is 2.28. The van der Waals surface area contributed by atoms with Crippen molar-refractivity contribution in [1.82, 2.24) is 14.5 Å². The first-order valence-electron chi connectivity index (χ1n) is 8.61. The molecule has 1 aromatic heterocycles. The number of piperidine rings is 1. The molecule has 0 bridgehead atoms. The smallest absolute Gasteiger partial charge is 0.257 e. The van der Waals surface area contributed by atoms with Gasteiger partial charge in [0.05, 0.1) is 19.8 Å². The number of rotatable bonds is 5. The van der Waals surface area contributed by atoms with E-state index < -0.39 is 0 Å². The van der Waals surface area contributed by atoms with E-state index in [-0.39, 0.29) is 5.91 Å². The summed E-state index contributed by atoms with van der Waals surface area (Å²) in [5.41, 5.74) is 0.590. The van der Waals surface area contributed by atoms with Gasteiger partial charge in [-0.1, -0.05) is 0 Å². The molecular weight excluding hydrogens is 318 g/mol. The van der Waals surface area contributed by atoms with E-state index in [1.807, 2.05) is 24.2 Å². The molecule has 0 unspecified atom stereocenters. The van der Waals surface area contributed by atoms with Crippen molar-refractivity contribution in [2.45, 2.75) is 26.3 Å². The van der Waals surface area contributed by atoms with E-state index in [0.717, 1.165) is 38.3 Å². The van der Waals surface area contributed by atoms with E-state index in [1.54, 1.807) is 32.4 Å². The number of hydrogen-bond donors (Lipinski definition) is 0. The highest BCUT2D eigenvalue weighted by molar-refractivity contribution is 5.97. The van der Waals surface area contributed by atoms with Crippen LogP contribution in [0.3, 0.4) is 0 Å². The molecule has 0 atom stereocenters. The van der Waals surface area contributed by atoms with Crippen LogP contribution in [0.15, 0.2) is 30.6 Å². The Morgan fingerprint density at radius 1 is 1.24 bits per heavy atom. The van der Waals surface area contributed by atoms with Crippen molar-refractivity contribution in [3.05, 3.63) is 42.0 Å². The summed E-state index contributed by atoms with van der Waals surface area (Å²) in [4.78, 5) is 19.0. The molecule has 0 aliphatic carbocycles. The number of imidazole rings is 1. The second kappa shape index (κ2) is 7.59. The van der Waals surface area contributed by atoms with Gasteiger partial charge in [0.15, 0.2) is 0 Å². The molecule has 0 saturated carbocycles. The minimum absolute atomic E-state index is 0.0248. The number of methoxy groups -OCH3 is 2. The van der Waals surface area contributed by atoms with Gasteiger partial charge in [-0.2, -0.15) is 0 Å². The van der Waals surface area contributed by atoms with Crippen LogP contribution in [-0.2, 0) is 6.54 Å². The molecule has 134 valence electrons. The molecule has 0 radical (unpaired) electrons. The second-order valence-corrected chi connectivity index (χ2v) is 6.43. The lowest BCUT2D eigenvalue weighted by Gasteiger charge is -2.32. The number of aryl methyl sites for hydroxylation is 1. The fourth-order valence-corrected chi connectivity index (χ4v) is 3.34. The third-order valence-electron chi connectivity index (χ3n) is 4.92. The Morgan fingerprint density at radius 3 is 2.60 bits per heavy atom. The molecule has 1 aliphatic heterocycles. The Hall–Kier alpha value is -2.50. The lowest BCUT2D eigenvalue weighted by molar-refractivity contribution is 0.0679. The van der Waals surface area contributed by atoms with Gasteiger partial charge < -0.3 is 18.9 Å². The Morgan fingerprint density at radius 2 is 2.00 bits per heavy atom. The molecule has 6 heteroatoms. The third-order valence-corrected chi connectivity index (χ3v) is 4.92. The van der Waals surface area contributed by atoms with E-state index in [2.05, 4.69) is 9.55 Å².